The minimum Gasteiger partial charge on any atom is -0.373 e. The van der Waals surface area contributed by atoms with E-state index in [1.807, 2.05) is 11.8 Å². The zero-order chi connectivity index (χ0) is 24.3. The van der Waals surface area contributed by atoms with Crippen LogP contribution >= 0.6 is 0 Å². The molecule has 0 spiro atoms. The molecule has 1 aromatic carbocycles. The van der Waals surface area contributed by atoms with Crippen LogP contribution in [0.2, 0.25) is 0 Å². The Morgan fingerprint density at radius 3 is 2.74 bits per heavy atom. The molecule has 0 radical (unpaired) electrons. The van der Waals surface area contributed by atoms with E-state index >= 15 is 0 Å². The first kappa shape index (κ1) is 24.3. The Morgan fingerprint density at radius 2 is 2.03 bits per heavy atom. The second-order valence-electron chi connectivity index (χ2n) is 8.89. The van der Waals surface area contributed by atoms with Crippen LogP contribution in [0.3, 0.4) is 0 Å². The number of ether oxygens (including phenoxy) is 1. The summed E-state index contributed by atoms with van der Waals surface area (Å²) in [6.45, 7) is 2.95. The molecule has 2 aliphatic rings. The molecule has 182 valence electrons. The molecule has 34 heavy (non-hydrogen) atoms. The molecule has 2 heterocycles. The molecule has 1 saturated heterocycles. The second-order valence-corrected chi connectivity index (χ2v) is 10.9. The summed E-state index contributed by atoms with van der Waals surface area (Å²) in [5.41, 5.74) is 6.81. The third kappa shape index (κ3) is 5.46. The summed E-state index contributed by atoms with van der Waals surface area (Å²) < 4.78 is 48.2. The fraction of sp³-hybridized carbons (Fsp3) is 0.522. The SMILES string of the molecule is CC1COC(CNS(=O)(=O)C2CCCCC2)CN1c1cc(-c2ccc(C#N)c(F)c2)nc(N)n1. The average molecular weight is 489 g/mol. The van der Waals surface area contributed by atoms with Crippen molar-refractivity contribution in [2.45, 2.75) is 56.4 Å². The number of benzene rings is 1. The van der Waals surface area contributed by atoms with Crippen LogP contribution in [0.15, 0.2) is 24.3 Å². The molecule has 1 saturated carbocycles. The van der Waals surface area contributed by atoms with Crippen LogP contribution in [-0.4, -0.2) is 55.5 Å². The highest BCUT2D eigenvalue weighted by Crippen LogP contribution is 2.27. The van der Waals surface area contributed by atoms with E-state index in [1.54, 1.807) is 18.2 Å². The van der Waals surface area contributed by atoms with E-state index in [9.17, 15) is 12.8 Å². The van der Waals surface area contributed by atoms with Gasteiger partial charge in [0.15, 0.2) is 0 Å². The van der Waals surface area contributed by atoms with E-state index in [2.05, 4.69) is 14.7 Å². The summed E-state index contributed by atoms with van der Waals surface area (Å²) in [4.78, 5) is 10.6. The second kappa shape index (κ2) is 10.2. The Labute approximate surface area is 199 Å². The fourth-order valence-electron chi connectivity index (χ4n) is 4.48. The van der Waals surface area contributed by atoms with Crippen molar-refractivity contribution in [2.75, 3.05) is 30.3 Å². The van der Waals surface area contributed by atoms with Crippen molar-refractivity contribution >= 4 is 21.8 Å². The highest BCUT2D eigenvalue weighted by molar-refractivity contribution is 7.90. The standard InChI is InChI=1S/C23H29FN6O3S/c1-15-14-33-18(12-27-34(31,32)19-5-3-2-4-6-19)13-30(15)22-10-21(28-23(26)29-22)16-7-8-17(11-25)20(24)9-16/h7-10,15,18-19,27H,2-6,12-14H2,1H3,(H2,26,28,29). The van der Waals surface area contributed by atoms with Crippen LogP contribution in [0, 0.1) is 17.1 Å². The molecule has 3 N–H and O–H groups in total. The largest absolute Gasteiger partial charge is 0.373 e. The summed E-state index contributed by atoms with van der Waals surface area (Å²) >= 11 is 0. The van der Waals surface area contributed by atoms with Gasteiger partial charge in [0.1, 0.15) is 17.7 Å². The fourth-order valence-corrected chi connectivity index (χ4v) is 6.08. The Kier molecular flexibility index (Phi) is 7.30. The summed E-state index contributed by atoms with van der Waals surface area (Å²) in [7, 11) is -3.39. The maximum Gasteiger partial charge on any atom is 0.222 e. The third-order valence-corrected chi connectivity index (χ3v) is 8.34. The van der Waals surface area contributed by atoms with Gasteiger partial charge in [-0.3, -0.25) is 0 Å². The normalized spacial score (nSPS) is 21.9. The van der Waals surface area contributed by atoms with Gasteiger partial charge in [0.05, 0.1) is 35.3 Å². The zero-order valence-corrected chi connectivity index (χ0v) is 19.9. The molecule has 0 bridgehead atoms. The molecular formula is C23H29FN6O3S. The lowest BCUT2D eigenvalue weighted by atomic mass is 10.0. The summed E-state index contributed by atoms with van der Waals surface area (Å²) in [5, 5.41) is 8.63. The molecule has 1 aliphatic carbocycles. The van der Waals surface area contributed by atoms with Crippen LogP contribution in [0.4, 0.5) is 16.2 Å². The molecule has 2 unspecified atom stereocenters. The Hall–Kier alpha value is -2.81. The van der Waals surface area contributed by atoms with Gasteiger partial charge in [-0.2, -0.15) is 10.2 Å². The number of halogens is 1. The molecular weight excluding hydrogens is 459 g/mol. The number of anilines is 2. The average Bonchev–Trinajstić information content (AvgIpc) is 2.83. The van der Waals surface area contributed by atoms with Crippen molar-refractivity contribution in [3.05, 3.63) is 35.6 Å². The number of nitrogen functional groups attached to an aromatic ring is 1. The maximum atomic E-state index is 14.1. The number of nitriles is 1. The summed E-state index contributed by atoms with van der Waals surface area (Å²) in [6, 6.07) is 7.73. The molecule has 1 aliphatic heterocycles. The van der Waals surface area contributed by atoms with E-state index in [4.69, 9.17) is 15.7 Å². The smallest absolute Gasteiger partial charge is 0.222 e. The van der Waals surface area contributed by atoms with E-state index in [0.717, 1.165) is 19.3 Å². The van der Waals surface area contributed by atoms with Gasteiger partial charge in [-0.15, -0.1) is 0 Å². The van der Waals surface area contributed by atoms with Gasteiger partial charge in [0.2, 0.25) is 16.0 Å². The molecule has 9 nitrogen and oxygen atoms in total. The van der Waals surface area contributed by atoms with Gasteiger partial charge in [0.25, 0.3) is 0 Å². The molecule has 2 aromatic rings. The van der Waals surface area contributed by atoms with Crippen LogP contribution in [-0.2, 0) is 14.8 Å². The van der Waals surface area contributed by atoms with Crippen molar-refractivity contribution in [1.82, 2.24) is 14.7 Å². The first-order valence-corrected chi connectivity index (χ1v) is 13.0. The Morgan fingerprint density at radius 1 is 1.26 bits per heavy atom. The van der Waals surface area contributed by atoms with Gasteiger partial charge in [0, 0.05) is 24.7 Å². The van der Waals surface area contributed by atoms with E-state index in [1.165, 1.54) is 12.1 Å². The number of nitrogens with one attached hydrogen (secondary N) is 1. The number of nitrogens with zero attached hydrogens (tertiary/aromatic N) is 4. The van der Waals surface area contributed by atoms with Crippen LogP contribution < -0.4 is 15.4 Å². The predicted molar refractivity (Wildman–Crippen MR) is 127 cm³/mol. The number of sulfonamides is 1. The van der Waals surface area contributed by atoms with Gasteiger partial charge < -0.3 is 15.4 Å². The van der Waals surface area contributed by atoms with Crippen molar-refractivity contribution in [1.29, 1.82) is 5.26 Å². The monoisotopic (exact) mass is 488 g/mol. The quantitative estimate of drug-likeness (QED) is 0.634. The first-order valence-electron chi connectivity index (χ1n) is 11.5. The molecule has 0 amide bonds. The lowest BCUT2D eigenvalue weighted by molar-refractivity contribution is 0.0258. The number of hydrogen-bond acceptors (Lipinski definition) is 8. The molecule has 2 fully saturated rings. The van der Waals surface area contributed by atoms with Gasteiger partial charge in [-0.25, -0.2) is 22.5 Å². The van der Waals surface area contributed by atoms with Gasteiger partial charge in [-0.1, -0.05) is 25.3 Å². The van der Waals surface area contributed by atoms with Crippen LogP contribution in [0.1, 0.15) is 44.6 Å². The Bertz CT molecular complexity index is 1180. The van der Waals surface area contributed by atoms with Crippen LogP contribution in [0.5, 0.6) is 0 Å². The lowest BCUT2D eigenvalue weighted by Gasteiger charge is -2.39. The number of morpholine rings is 1. The lowest BCUT2D eigenvalue weighted by Crippen LogP contribution is -2.52. The minimum atomic E-state index is -3.39. The number of nitrogens with two attached hydrogens (primary N) is 1. The molecule has 2 atom stereocenters. The summed E-state index contributed by atoms with van der Waals surface area (Å²) in [5.74, 6) is -0.0579. The highest BCUT2D eigenvalue weighted by atomic mass is 32.2. The maximum absolute atomic E-state index is 14.1. The van der Waals surface area contributed by atoms with Crippen LogP contribution in [0.25, 0.3) is 11.3 Å². The third-order valence-electron chi connectivity index (χ3n) is 6.42. The molecule has 1 aromatic heterocycles. The Balaban J connectivity index is 1.49. The first-order chi connectivity index (χ1) is 16.3. The summed E-state index contributed by atoms with van der Waals surface area (Å²) in [6.07, 6.45) is 4.01. The zero-order valence-electron chi connectivity index (χ0n) is 19.1. The predicted octanol–water partition coefficient (Wildman–Crippen LogP) is 2.58. The number of aromatic nitrogens is 2. The highest BCUT2D eigenvalue weighted by Gasteiger charge is 2.31. The minimum absolute atomic E-state index is 0.0329. The van der Waals surface area contributed by atoms with Crippen molar-refractivity contribution in [2.24, 2.45) is 0 Å². The molecule has 11 heteroatoms. The number of rotatable bonds is 6. The topological polar surface area (TPSA) is 134 Å². The van der Waals surface area contributed by atoms with Crippen molar-refractivity contribution < 1.29 is 17.5 Å². The molecule has 4 rings (SSSR count). The van der Waals surface area contributed by atoms with E-state index in [0.29, 0.717) is 43.1 Å². The number of hydrogen-bond donors (Lipinski definition) is 2. The van der Waals surface area contributed by atoms with Gasteiger partial charge in [-0.05, 0) is 31.9 Å². The van der Waals surface area contributed by atoms with E-state index in [-0.39, 0.29) is 35.5 Å². The van der Waals surface area contributed by atoms with Gasteiger partial charge >= 0.3 is 0 Å². The van der Waals surface area contributed by atoms with E-state index < -0.39 is 15.8 Å². The van der Waals surface area contributed by atoms with Crippen molar-refractivity contribution in [3.8, 4) is 17.3 Å². The van der Waals surface area contributed by atoms with Crippen molar-refractivity contribution in [3.63, 3.8) is 0 Å².